The number of anilines is 1. The van der Waals surface area contributed by atoms with E-state index in [-0.39, 0.29) is 10.6 Å². The molecule has 3 N–H and O–H groups in total. The third-order valence-electron chi connectivity index (χ3n) is 5.12. The second-order valence-electron chi connectivity index (χ2n) is 6.95. The van der Waals surface area contributed by atoms with Crippen molar-refractivity contribution in [2.24, 2.45) is 0 Å². The van der Waals surface area contributed by atoms with Crippen molar-refractivity contribution < 1.29 is 13.5 Å². The number of benzene rings is 3. The molecule has 7 nitrogen and oxygen atoms in total. The first-order valence-electron chi connectivity index (χ1n) is 9.15. The number of aromatic nitrogens is 3. The maximum atomic E-state index is 13.2. The molecule has 154 valence electrons. The van der Waals surface area contributed by atoms with Crippen LogP contribution in [0.15, 0.2) is 63.7 Å². The van der Waals surface area contributed by atoms with E-state index in [9.17, 15) is 13.5 Å². The van der Waals surface area contributed by atoms with Gasteiger partial charge >= 0.3 is 0 Å². The van der Waals surface area contributed by atoms with Crippen LogP contribution in [0.2, 0.25) is 0 Å². The second-order valence-corrected chi connectivity index (χ2v) is 9.63. The topological polar surface area (TPSA) is 108 Å². The normalized spacial score (nSPS) is 11.7. The highest BCUT2D eigenvalue weighted by molar-refractivity contribution is 7.99. The lowest BCUT2D eigenvalue weighted by Gasteiger charge is -2.16. The van der Waals surface area contributed by atoms with Crippen LogP contribution in [0.3, 0.4) is 0 Å². The van der Waals surface area contributed by atoms with Gasteiger partial charge in [0, 0.05) is 10.8 Å². The fourth-order valence-corrected chi connectivity index (χ4v) is 5.43. The van der Waals surface area contributed by atoms with Gasteiger partial charge < -0.3 is 5.11 Å². The molecule has 0 amide bonds. The Kier molecular flexibility index (Phi) is 5.17. The molecule has 9 heteroatoms. The van der Waals surface area contributed by atoms with Crippen molar-refractivity contribution in [3.05, 3.63) is 65.5 Å². The van der Waals surface area contributed by atoms with E-state index >= 15 is 0 Å². The van der Waals surface area contributed by atoms with Gasteiger partial charge in [-0.05, 0) is 61.4 Å². The van der Waals surface area contributed by atoms with Gasteiger partial charge in [0.15, 0.2) is 5.16 Å². The molecule has 0 atom stereocenters. The number of hydrogen-bond acceptors (Lipinski definition) is 6. The summed E-state index contributed by atoms with van der Waals surface area (Å²) in [5, 5.41) is 18.9. The summed E-state index contributed by atoms with van der Waals surface area (Å²) in [5.41, 5.74) is 3.06. The average molecular weight is 441 g/mol. The van der Waals surface area contributed by atoms with Gasteiger partial charge in [0.25, 0.3) is 10.0 Å². The van der Waals surface area contributed by atoms with E-state index in [1.54, 1.807) is 49.4 Å². The van der Waals surface area contributed by atoms with E-state index in [2.05, 4.69) is 19.9 Å². The molecule has 0 unspecified atom stereocenters. The van der Waals surface area contributed by atoms with Gasteiger partial charge in [0.05, 0.1) is 15.5 Å². The van der Waals surface area contributed by atoms with Crippen LogP contribution in [0, 0.1) is 20.8 Å². The number of phenolic OH excluding ortho intramolecular Hbond substituents is 1. The zero-order valence-corrected chi connectivity index (χ0v) is 18.2. The Labute approximate surface area is 178 Å². The number of nitrogens with one attached hydrogen (secondary N) is 2. The van der Waals surface area contributed by atoms with Gasteiger partial charge in [-0.1, -0.05) is 30.3 Å². The van der Waals surface area contributed by atoms with E-state index in [1.807, 2.05) is 13.8 Å². The summed E-state index contributed by atoms with van der Waals surface area (Å²) in [6.45, 7) is 5.66. The molecule has 0 aliphatic rings. The molecule has 4 aromatic rings. The molecule has 0 radical (unpaired) electrons. The average Bonchev–Trinajstić information content (AvgIpc) is 3.22. The molecule has 30 heavy (non-hydrogen) atoms. The first kappa shape index (κ1) is 20.2. The van der Waals surface area contributed by atoms with Crippen molar-refractivity contribution in [3.63, 3.8) is 0 Å². The van der Waals surface area contributed by atoms with Crippen LogP contribution < -0.4 is 4.72 Å². The van der Waals surface area contributed by atoms with Crippen molar-refractivity contribution in [2.75, 3.05) is 4.72 Å². The summed E-state index contributed by atoms with van der Waals surface area (Å²) < 4.78 is 29.2. The van der Waals surface area contributed by atoms with Crippen LogP contribution in [0.1, 0.15) is 16.7 Å². The van der Waals surface area contributed by atoms with Gasteiger partial charge in [-0.3, -0.25) is 9.82 Å². The summed E-state index contributed by atoms with van der Waals surface area (Å²) in [7, 11) is -3.84. The Morgan fingerprint density at radius 1 is 1.03 bits per heavy atom. The Morgan fingerprint density at radius 2 is 1.77 bits per heavy atom. The van der Waals surface area contributed by atoms with Crippen LogP contribution >= 0.6 is 11.8 Å². The minimum Gasteiger partial charge on any atom is -0.506 e. The van der Waals surface area contributed by atoms with Crippen molar-refractivity contribution >= 4 is 38.2 Å². The van der Waals surface area contributed by atoms with E-state index < -0.39 is 10.0 Å². The third kappa shape index (κ3) is 3.61. The lowest BCUT2D eigenvalue weighted by Crippen LogP contribution is -2.15. The predicted octanol–water partition coefficient (Wildman–Crippen LogP) is 4.54. The number of aromatic amines is 1. The molecular weight excluding hydrogens is 420 g/mol. The third-order valence-corrected chi connectivity index (χ3v) is 7.55. The fourth-order valence-electron chi connectivity index (χ4n) is 3.27. The predicted molar refractivity (Wildman–Crippen MR) is 118 cm³/mol. The van der Waals surface area contributed by atoms with E-state index in [4.69, 9.17) is 0 Å². The molecular formula is C21H20N4O3S2. The molecule has 3 aromatic carbocycles. The number of H-pyrrole nitrogens is 1. The number of rotatable bonds is 5. The summed E-state index contributed by atoms with van der Waals surface area (Å²) in [6.07, 6.45) is 1.37. The number of phenols is 1. The van der Waals surface area contributed by atoms with Crippen molar-refractivity contribution in [3.8, 4) is 5.75 Å². The smallest absolute Gasteiger partial charge is 0.262 e. The summed E-state index contributed by atoms with van der Waals surface area (Å²) in [5.74, 6) is 0.0531. The Bertz CT molecular complexity index is 1350. The molecule has 4 rings (SSSR count). The highest BCUT2D eigenvalue weighted by atomic mass is 32.2. The van der Waals surface area contributed by atoms with Crippen LogP contribution in [0.4, 0.5) is 5.69 Å². The SMILES string of the molecule is Cc1ccc(S(=O)(=O)Nc2cc(Sc3ncn[nH]3)c(O)c3ccccc23)c(C)c1C. The molecule has 0 saturated heterocycles. The highest BCUT2D eigenvalue weighted by Crippen LogP contribution is 2.42. The van der Waals surface area contributed by atoms with E-state index in [0.29, 0.717) is 32.1 Å². The molecule has 0 aliphatic heterocycles. The quantitative estimate of drug-likeness (QED) is 0.393. The van der Waals surface area contributed by atoms with Crippen molar-refractivity contribution in [1.29, 1.82) is 0 Å². The minimum absolute atomic E-state index is 0.0531. The summed E-state index contributed by atoms with van der Waals surface area (Å²) in [6, 6.07) is 12.1. The highest BCUT2D eigenvalue weighted by Gasteiger charge is 2.21. The maximum Gasteiger partial charge on any atom is 0.262 e. The van der Waals surface area contributed by atoms with Gasteiger partial charge in [0.2, 0.25) is 0 Å². The minimum atomic E-state index is -3.84. The zero-order chi connectivity index (χ0) is 21.5. The van der Waals surface area contributed by atoms with Gasteiger partial charge in [-0.25, -0.2) is 13.4 Å². The lowest BCUT2D eigenvalue weighted by molar-refractivity contribution is 0.469. The van der Waals surface area contributed by atoms with Gasteiger partial charge in [-0.15, -0.1) is 0 Å². The second kappa shape index (κ2) is 7.66. The van der Waals surface area contributed by atoms with Crippen molar-refractivity contribution in [2.45, 2.75) is 35.7 Å². The number of aryl methyl sites for hydroxylation is 1. The Hall–Kier alpha value is -3.04. The molecule has 1 heterocycles. The van der Waals surface area contributed by atoms with Crippen LogP contribution in [-0.4, -0.2) is 28.7 Å². The summed E-state index contributed by atoms with van der Waals surface area (Å²) in [4.78, 5) is 4.75. The van der Waals surface area contributed by atoms with Crippen LogP contribution in [0.5, 0.6) is 5.75 Å². The maximum absolute atomic E-state index is 13.2. The largest absolute Gasteiger partial charge is 0.506 e. The molecule has 0 spiro atoms. The lowest BCUT2D eigenvalue weighted by atomic mass is 10.1. The van der Waals surface area contributed by atoms with Crippen LogP contribution in [-0.2, 0) is 10.0 Å². The molecule has 0 aliphatic carbocycles. The number of aromatic hydroxyl groups is 1. The van der Waals surface area contributed by atoms with E-state index in [0.717, 1.165) is 11.1 Å². The standard InChI is InChI=1S/C21H20N4O3S2/c1-12-8-9-19(14(3)13(12)2)30(27,28)25-17-10-18(29-21-22-11-23-24-21)20(26)16-7-5-4-6-15(16)17/h4-11,25-26H,1-3H3,(H,22,23,24). The van der Waals surface area contributed by atoms with Crippen molar-refractivity contribution in [1.82, 2.24) is 15.2 Å². The first-order valence-corrected chi connectivity index (χ1v) is 11.5. The Morgan fingerprint density at radius 3 is 2.47 bits per heavy atom. The molecule has 0 fully saturated rings. The molecule has 0 saturated carbocycles. The number of sulfonamides is 1. The number of hydrogen-bond donors (Lipinski definition) is 3. The molecule has 1 aromatic heterocycles. The van der Waals surface area contributed by atoms with Crippen LogP contribution in [0.25, 0.3) is 10.8 Å². The number of fused-ring (bicyclic) bond motifs is 1. The first-order chi connectivity index (χ1) is 14.3. The van der Waals surface area contributed by atoms with E-state index in [1.165, 1.54) is 18.1 Å². The van der Waals surface area contributed by atoms with Gasteiger partial charge in [0.1, 0.15) is 12.1 Å². The summed E-state index contributed by atoms with van der Waals surface area (Å²) >= 11 is 1.17. The number of nitrogens with zero attached hydrogens (tertiary/aromatic N) is 2. The fraction of sp³-hybridized carbons (Fsp3) is 0.143. The monoisotopic (exact) mass is 440 g/mol. The molecule has 0 bridgehead atoms. The Balaban J connectivity index is 1.84. The zero-order valence-electron chi connectivity index (χ0n) is 16.6. The van der Waals surface area contributed by atoms with Gasteiger partial charge in [-0.2, -0.15) is 5.10 Å².